The molecule has 6 nitrogen and oxygen atoms in total. The second kappa shape index (κ2) is 9.45. The summed E-state index contributed by atoms with van der Waals surface area (Å²) in [5, 5.41) is 2.71. The molecule has 2 aliphatic rings. The summed E-state index contributed by atoms with van der Waals surface area (Å²) >= 11 is 0. The van der Waals surface area contributed by atoms with E-state index < -0.39 is 62.0 Å². The number of hydrogen-bond donors (Lipinski definition) is 1. The molecule has 2 aromatic carbocycles. The van der Waals surface area contributed by atoms with Gasteiger partial charge in [-0.3, -0.25) is 9.59 Å². The number of nitrogens with one attached hydrogen (secondary N) is 1. The number of alkyl halides is 3. The van der Waals surface area contributed by atoms with Gasteiger partial charge < -0.3 is 10.2 Å². The van der Waals surface area contributed by atoms with Gasteiger partial charge in [-0.2, -0.15) is 13.2 Å². The van der Waals surface area contributed by atoms with Crippen molar-refractivity contribution in [3.8, 4) is 0 Å². The van der Waals surface area contributed by atoms with Crippen molar-refractivity contribution in [2.75, 3.05) is 12.8 Å². The van der Waals surface area contributed by atoms with Gasteiger partial charge >= 0.3 is 6.18 Å². The fraction of sp³-hybridized carbons (Fsp3) is 0.417. The van der Waals surface area contributed by atoms with Gasteiger partial charge in [-0.05, 0) is 61.9 Å². The summed E-state index contributed by atoms with van der Waals surface area (Å²) in [5.41, 5.74) is -1.31. The molecule has 2 fully saturated rings. The molecule has 0 bridgehead atoms. The van der Waals surface area contributed by atoms with Gasteiger partial charge in [-0.25, -0.2) is 17.2 Å². The second-order valence-corrected chi connectivity index (χ2v) is 11.1. The molecule has 194 valence electrons. The minimum absolute atomic E-state index is 0.0638. The summed E-state index contributed by atoms with van der Waals surface area (Å²) < 4.78 is 91.0. The Bertz CT molecular complexity index is 1310. The van der Waals surface area contributed by atoms with Gasteiger partial charge in [0, 0.05) is 23.9 Å². The zero-order chi connectivity index (χ0) is 26.4. The van der Waals surface area contributed by atoms with Crippen LogP contribution in [0.2, 0.25) is 0 Å². The first-order valence-corrected chi connectivity index (χ1v) is 13.1. The number of carbonyl (C=O) groups is 2. The molecule has 4 rings (SSSR count). The first-order chi connectivity index (χ1) is 16.8. The molecule has 0 aromatic heterocycles. The lowest BCUT2D eigenvalue weighted by atomic mass is 9.99. The maximum atomic E-state index is 14.6. The monoisotopic (exact) mass is 530 g/mol. The number of halogens is 5. The van der Waals surface area contributed by atoms with Crippen LogP contribution in [-0.2, 0) is 20.8 Å². The third-order valence-electron chi connectivity index (χ3n) is 6.45. The Morgan fingerprint density at radius 2 is 1.72 bits per heavy atom. The number of nitrogens with zero attached hydrogens (tertiary/aromatic N) is 1. The third kappa shape index (κ3) is 5.37. The number of rotatable bonds is 6. The predicted molar refractivity (Wildman–Crippen MR) is 119 cm³/mol. The topological polar surface area (TPSA) is 83.6 Å². The van der Waals surface area contributed by atoms with E-state index in [0.717, 1.165) is 36.6 Å². The Morgan fingerprint density at radius 1 is 1.03 bits per heavy atom. The van der Waals surface area contributed by atoms with Crippen molar-refractivity contribution in [3.05, 3.63) is 64.7 Å². The number of sulfone groups is 1. The van der Waals surface area contributed by atoms with E-state index in [1.807, 2.05) is 0 Å². The molecule has 0 spiro atoms. The zero-order valence-corrected chi connectivity index (χ0v) is 19.9. The summed E-state index contributed by atoms with van der Waals surface area (Å²) in [7, 11) is -3.94. The SMILES string of the molecule is CS(=O)(=O)c1cc(C(=O)N2CCC[C@@H]2C(=O)N[C@@H](c2ccc(C(F)(F)F)cc2F)C2CC2)ccc1F. The number of carbonyl (C=O) groups excluding carboxylic acids is 2. The van der Waals surface area contributed by atoms with Gasteiger partial charge in [0.1, 0.15) is 22.6 Å². The quantitative estimate of drug-likeness (QED) is 0.566. The van der Waals surface area contributed by atoms with E-state index in [4.69, 9.17) is 0 Å². The van der Waals surface area contributed by atoms with Gasteiger partial charge in [0.15, 0.2) is 9.84 Å². The summed E-state index contributed by atoms with van der Waals surface area (Å²) in [6.07, 6.45) is -1.84. The highest BCUT2D eigenvalue weighted by molar-refractivity contribution is 7.90. The van der Waals surface area contributed by atoms with Gasteiger partial charge in [-0.1, -0.05) is 6.07 Å². The van der Waals surface area contributed by atoms with Crippen molar-refractivity contribution in [2.24, 2.45) is 5.92 Å². The van der Waals surface area contributed by atoms with Crippen molar-refractivity contribution >= 4 is 21.7 Å². The van der Waals surface area contributed by atoms with Crippen LogP contribution in [0.25, 0.3) is 0 Å². The maximum Gasteiger partial charge on any atom is 0.416 e. The fourth-order valence-electron chi connectivity index (χ4n) is 4.45. The van der Waals surface area contributed by atoms with E-state index in [2.05, 4.69) is 5.32 Å². The van der Waals surface area contributed by atoms with Crippen LogP contribution < -0.4 is 5.32 Å². The van der Waals surface area contributed by atoms with Gasteiger partial charge in [0.05, 0.1) is 11.6 Å². The summed E-state index contributed by atoms with van der Waals surface area (Å²) in [5.74, 6) is -3.50. The Labute approximate surface area is 204 Å². The van der Waals surface area contributed by atoms with Crippen LogP contribution >= 0.6 is 0 Å². The van der Waals surface area contributed by atoms with Crippen molar-refractivity contribution in [1.29, 1.82) is 0 Å². The Balaban J connectivity index is 1.55. The van der Waals surface area contributed by atoms with Gasteiger partial charge in [-0.15, -0.1) is 0 Å². The number of benzene rings is 2. The molecule has 12 heteroatoms. The van der Waals surface area contributed by atoms with Crippen LogP contribution in [0.4, 0.5) is 22.0 Å². The van der Waals surface area contributed by atoms with E-state index in [1.165, 1.54) is 4.90 Å². The molecule has 1 saturated heterocycles. The number of likely N-dealkylation sites (tertiary alicyclic amines) is 1. The maximum absolute atomic E-state index is 14.6. The number of amides is 2. The molecular weight excluding hydrogens is 507 g/mol. The fourth-order valence-corrected chi connectivity index (χ4v) is 5.22. The van der Waals surface area contributed by atoms with Crippen LogP contribution in [0.3, 0.4) is 0 Å². The summed E-state index contributed by atoms with van der Waals surface area (Å²) in [6, 6.07) is 3.28. The first kappa shape index (κ1) is 26.1. The zero-order valence-electron chi connectivity index (χ0n) is 19.1. The minimum Gasteiger partial charge on any atom is -0.347 e. The lowest BCUT2D eigenvalue weighted by Crippen LogP contribution is -2.47. The lowest BCUT2D eigenvalue weighted by Gasteiger charge is -2.27. The molecule has 1 heterocycles. The highest BCUT2D eigenvalue weighted by atomic mass is 32.2. The molecule has 2 atom stereocenters. The van der Waals surface area contributed by atoms with Crippen LogP contribution in [0.15, 0.2) is 41.3 Å². The second-order valence-electron chi connectivity index (χ2n) is 9.13. The van der Waals surface area contributed by atoms with Crippen LogP contribution in [0.1, 0.15) is 53.2 Å². The Hall–Kier alpha value is -3.02. The molecule has 0 unspecified atom stereocenters. The summed E-state index contributed by atoms with van der Waals surface area (Å²) in [6.45, 7) is 0.186. The predicted octanol–water partition coefficient (Wildman–Crippen LogP) is 4.26. The molecule has 2 aromatic rings. The van der Waals surface area contributed by atoms with Crippen LogP contribution in [-0.4, -0.2) is 44.0 Å². The number of hydrogen-bond acceptors (Lipinski definition) is 4. The van der Waals surface area contributed by atoms with Crippen molar-refractivity contribution in [3.63, 3.8) is 0 Å². The van der Waals surface area contributed by atoms with Crippen LogP contribution in [0, 0.1) is 17.6 Å². The van der Waals surface area contributed by atoms with E-state index in [-0.39, 0.29) is 30.0 Å². The van der Waals surface area contributed by atoms with Crippen molar-refractivity contribution in [2.45, 2.75) is 48.8 Å². The third-order valence-corrected chi connectivity index (χ3v) is 7.56. The Kier molecular flexibility index (Phi) is 6.84. The molecule has 1 aliphatic carbocycles. The van der Waals surface area contributed by atoms with E-state index in [9.17, 15) is 40.0 Å². The molecule has 1 aliphatic heterocycles. The van der Waals surface area contributed by atoms with Crippen LogP contribution in [0.5, 0.6) is 0 Å². The summed E-state index contributed by atoms with van der Waals surface area (Å²) in [4.78, 5) is 26.9. The van der Waals surface area contributed by atoms with Crippen molar-refractivity contribution < 1.29 is 40.0 Å². The average Bonchev–Trinajstić information content (AvgIpc) is 3.51. The Morgan fingerprint density at radius 3 is 2.31 bits per heavy atom. The standard InChI is InChI=1S/C24H23F5N2O4S/c1-36(34,35)20-11-14(6-9-17(20)25)23(33)31-10-2-3-19(31)22(32)30-21(13-4-5-13)16-8-7-15(12-18(16)26)24(27,28)29/h6-9,11-13,19,21H,2-5,10H2,1H3,(H,30,32)/t19-,21-/m1/s1. The van der Waals surface area contributed by atoms with Gasteiger partial charge in [0.25, 0.3) is 5.91 Å². The van der Waals surface area contributed by atoms with E-state index in [1.54, 1.807) is 0 Å². The van der Waals surface area contributed by atoms with Gasteiger partial charge in [0.2, 0.25) is 5.91 Å². The molecule has 36 heavy (non-hydrogen) atoms. The minimum atomic E-state index is -4.71. The largest absolute Gasteiger partial charge is 0.416 e. The molecule has 1 saturated carbocycles. The first-order valence-electron chi connectivity index (χ1n) is 11.2. The normalized spacial score (nSPS) is 19.3. The average molecular weight is 531 g/mol. The van der Waals surface area contributed by atoms with E-state index >= 15 is 0 Å². The molecule has 1 N–H and O–H groups in total. The molecule has 2 amide bonds. The molecular formula is C24H23F5N2O4S. The highest BCUT2D eigenvalue weighted by Crippen LogP contribution is 2.43. The highest BCUT2D eigenvalue weighted by Gasteiger charge is 2.40. The van der Waals surface area contributed by atoms with E-state index in [0.29, 0.717) is 25.3 Å². The molecule has 0 radical (unpaired) electrons. The van der Waals surface area contributed by atoms with Crippen molar-refractivity contribution in [1.82, 2.24) is 10.2 Å². The lowest BCUT2D eigenvalue weighted by molar-refractivity contribution is -0.137. The smallest absolute Gasteiger partial charge is 0.347 e.